The normalized spacial score (nSPS) is 17.1. The molecule has 0 amide bonds. The SMILES string of the molecule is O=[N+]([O-])c1ccc(C2CCCC2)cc1. The third kappa shape index (κ3) is 1.76. The summed E-state index contributed by atoms with van der Waals surface area (Å²) in [5, 5.41) is 10.4. The third-order valence-electron chi connectivity index (χ3n) is 2.93. The summed E-state index contributed by atoms with van der Waals surface area (Å²) in [6, 6.07) is 7.00. The van der Waals surface area contributed by atoms with Gasteiger partial charge in [-0.3, -0.25) is 10.1 Å². The van der Waals surface area contributed by atoms with E-state index >= 15 is 0 Å². The van der Waals surface area contributed by atoms with E-state index in [2.05, 4.69) is 0 Å². The smallest absolute Gasteiger partial charge is 0.258 e. The number of hydrogen-bond acceptors (Lipinski definition) is 2. The van der Waals surface area contributed by atoms with Crippen molar-refractivity contribution in [3.63, 3.8) is 0 Å². The minimum Gasteiger partial charge on any atom is -0.258 e. The van der Waals surface area contributed by atoms with Crippen molar-refractivity contribution in [2.45, 2.75) is 31.6 Å². The fourth-order valence-electron chi connectivity index (χ4n) is 2.13. The maximum Gasteiger partial charge on any atom is 0.269 e. The molecule has 0 aromatic heterocycles. The van der Waals surface area contributed by atoms with Crippen LogP contribution in [0.25, 0.3) is 0 Å². The van der Waals surface area contributed by atoms with Gasteiger partial charge in [0.15, 0.2) is 0 Å². The van der Waals surface area contributed by atoms with Crippen molar-refractivity contribution in [1.29, 1.82) is 0 Å². The Labute approximate surface area is 82.9 Å². The Hall–Kier alpha value is -1.38. The molecule has 0 spiro atoms. The summed E-state index contributed by atoms with van der Waals surface area (Å²) in [6.45, 7) is 0. The van der Waals surface area contributed by atoms with Crippen LogP contribution in [0.5, 0.6) is 0 Å². The second-order valence-corrected chi connectivity index (χ2v) is 3.83. The Morgan fingerprint density at radius 3 is 2.21 bits per heavy atom. The molecule has 1 aliphatic rings. The van der Waals surface area contributed by atoms with E-state index in [-0.39, 0.29) is 10.6 Å². The number of hydrogen-bond donors (Lipinski definition) is 0. The summed E-state index contributed by atoms with van der Waals surface area (Å²) in [6.07, 6.45) is 5.05. The van der Waals surface area contributed by atoms with Crippen LogP contribution in [0.1, 0.15) is 37.2 Å². The molecule has 0 atom stereocenters. The van der Waals surface area contributed by atoms with Gasteiger partial charge in [0.1, 0.15) is 0 Å². The van der Waals surface area contributed by atoms with E-state index in [1.54, 1.807) is 12.1 Å². The van der Waals surface area contributed by atoms with E-state index < -0.39 is 0 Å². The van der Waals surface area contributed by atoms with Crippen molar-refractivity contribution < 1.29 is 4.92 Å². The van der Waals surface area contributed by atoms with Gasteiger partial charge >= 0.3 is 0 Å². The van der Waals surface area contributed by atoms with Crippen LogP contribution in [0.2, 0.25) is 0 Å². The van der Waals surface area contributed by atoms with Gasteiger partial charge in [0.25, 0.3) is 5.69 Å². The average Bonchev–Trinajstić information content (AvgIpc) is 2.71. The third-order valence-corrected chi connectivity index (χ3v) is 2.93. The fourth-order valence-corrected chi connectivity index (χ4v) is 2.13. The molecule has 14 heavy (non-hydrogen) atoms. The summed E-state index contributed by atoms with van der Waals surface area (Å²) in [7, 11) is 0. The van der Waals surface area contributed by atoms with Gasteiger partial charge in [0.2, 0.25) is 0 Å². The molecule has 0 N–H and O–H groups in total. The van der Waals surface area contributed by atoms with Crippen LogP contribution in [0, 0.1) is 10.1 Å². The molecule has 3 heteroatoms. The highest BCUT2D eigenvalue weighted by Gasteiger charge is 2.17. The van der Waals surface area contributed by atoms with Crippen molar-refractivity contribution in [2.24, 2.45) is 0 Å². The summed E-state index contributed by atoms with van der Waals surface area (Å²) in [5.41, 5.74) is 1.44. The molecule has 0 unspecified atom stereocenters. The number of nitrogens with zero attached hydrogens (tertiary/aromatic N) is 1. The van der Waals surface area contributed by atoms with E-state index in [9.17, 15) is 10.1 Å². The van der Waals surface area contributed by atoms with Gasteiger partial charge in [0.05, 0.1) is 4.92 Å². The van der Waals surface area contributed by atoms with Crippen LogP contribution in [-0.4, -0.2) is 4.92 Å². The Kier molecular flexibility index (Phi) is 2.48. The van der Waals surface area contributed by atoms with Crippen LogP contribution in [0.15, 0.2) is 24.3 Å². The molecular weight excluding hydrogens is 178 g/mol. The summed E-state index contributed by atoms with van der Waals surface area (Å²) in [5.74, 6) is 0.635. The van der Waals surface area contributed by atoms with Gasteiger partial charge in [-0.1, -0.05) is 25.0 Å². The zero-order chi connectivity index (χ0) is 9.97. The molecule has 0 radical (unpaired) electrons. The molecular formula is C11H13NO2. The van der Waals surface area contributed by atoms with E-state index in [1.165, 1.54) is 31.2 Å². The molecule has 3 nitrogen and oxygen atoms in total. The zero-order valence-corrected chi connectivity index (χ0v) is 7.98. The quantitative estimate of drug-likeness (QED) is 0.532. The lowest BCUT2D eigenvalue weighted by molar-refractivity contribution is -0.384. The molecule has 0 bridgehead atoms. The Bertz CT molecular complexity index is 326. The molecule has 1 fully saturated rings. The molecule has 0 aliphatic heterocycles. The lowest BCUT2D eigenvalue weighted by atomic mass is 9.98. The highest BCUT2D eigenvalue weighted by Crippen LogP contribution is 2.34. The summed E-state index contributed by atoms with van der Waals surface area (Å²) >= 11 is 0. The minimum atomic E-state index is -0.349. The van der Waals surface area contributed by atoms with Crippen LogP contribution < -0.4 is 0 Å². The van der Waals surface area contributed by atoms with Crippen molar-refractivity contribution in [3.05, 3.63) is 39.9 Å². The van der Waals surface area contributed by atoms with Crippen LogP contribution in [0.3, 0.4) is 0 Å². The van der Waals surface area contributed by atoms with Crippen LogP contribution in [-0.2, 0) is 0 Å². The van der Waals surface area contributed by atoms with Gasteiger partial charge in [-0.2, -0.15) is 0 Å². The van der Waals surface area contributed by atoms with Gasteiger partial charge in [-0.05, 0) is 24.3 Å². The second kappa shape index (κ2) is 3.78. The standard InChI is InChI=1S/C11H13NO2/c13-12(14)11-7-5-10(6-8-11)9-3-1-2-4-9/h5-9H,1-4H2. The first kappa shape index (κ1) is 9.19. The summed E-state index contributed by atoms with van der Waals surface area (Å²) < 4.78 is 0. The highest BCUT2D eigenvalue weighted by atomic mass is 16.6. The van der Waals surface area contributed by atoms with Crippen molar-refractivity contribution >= 4 is 5.69 Å². The first-order valence-electron chi connectivity index (χ1n) is 5.02. The van der Waals surface area contributed by atoms with E-state index in [4.69, 9.17) is 0 Å². The predicted molar refractivity (Wildman–Crippen MR) is 54.3 cm³/mol. The number of rotatable bonds is 2. The molecule has 1 aromatic rings. The Balaban J connectivity index is 2.16. The number of nitro groups is 1. The molecule has 0 heterocycles. The summed E-state index contributed by atoms with van der Waals surface area (Å²) in [4.78, 5) is 10.1. The molecule has 74 valence electrons. The van der Waals surface area contributed by atoms with Gasteiger partial charge in [-0.15, -0.1) is 0 Å². The molecule has 2 rings (SSSR count). The average molecular weight is 191 g/mol. The maximum atomic E-state index is 10.4. The molecule has 0 saturated heterocycles. The Morgan fingerprint density at radius 1 is 1.14 bits per heavy atom. The van der Waals surface area contributed by atoms with E-state index in [0.717, 1.165) is 0 Å². The lowest BCUT2D eigenvalue weighted by Crippen LogP contribution is -1.93. The first-order chi connectivity index (χ1) is 6.77. The van der Waals surface area contributed by atoms with Crippen molar-refractivity contribution in [2.75, 3.05) is 0 Å². The number of non-ortho nitro benzene ring substituents is 1. The van der Waals surface area contributed by atoms with Crippen molar-refractivity contribution in [1.82, 2.24) is 0 Å². The van der Waals surface area contributed by atoms with Gasteiger partial charge in [0, 0.05) is 12.1 Å². The van der Waals surface area contributed by atoms with Crippen LogP contribution in [0.4, 0.5) is 5.69 Å². The largest absolute Gasteiger partial charge is 0.269 e. The Morgan fingerprint density at radius 2 is 1.71 bits per heavy atom. The lowest BCUT2D eigenvalue weighted by Gasteiger charge is -2.07. The molecule has 1 aliphatic carbocycles. The molecule has 1 aromatic carbocycles. The van der Waals surface area contributed by atoms with Crippen molar-refractivity contribution in [3.8, 4) is 0 Å². The molecule has 1 saturated carbocycles. The van der Waals surface area contributed by atoms with Gasteiger partial charge in [-0.25, -0.2) is 0 Å². The predicted octanol–water partition coefficient (Wildman–Crippen LogP) is 3.25. The number of benzene rings is 1. The van der Waals surface area contributed by atoms with E-state index in [1.807, 2.05) is 12.1 Å². The number of nitro benzene ring substituents is 1. The fraction of sp³-hybridized carbons (Fsp3) is 0.455. The topological polar surface area (TPSA) is 43.1 Å². The monoisotopic (exact) mass is 191 g/mol. The first-order valence-corrected chi connectivity index (χ1v) is 5.02. The van der Waals surface area contributed by atoms with Crippen LogP contribution >= 0.6 is 0 Å². The zero-order valence-electron chi connectivity index (χ0n) is 7.98. The maximum absolute atomic E-state index is 10.4. The highest BCUT2D eigenvalue weighted by molar-refractivity contribution is 5.34. The second-order valence-electron chi connectivity index (χ2n) is 3.83. The minimum absolute atomic E-state index is 0.187. The van der Waals surface area contributed by atoms with E-state index in [0.29, 0.717) is 5.92 Å². The van der Waals surface area contributed by atoms with Gasteiger partial charge < -0.3 is 0 Å².